The summed E-state index contributed by atoms with van der Waals surface area (Å²) in [6, 6.07) is 2.91. The first-order valence-electron chi connectivity index (χ1n) is 5.85. The highest BCUT2D eigenvalue weighted by molar-refractivity contribution is 5.78. The van der Waals surface area contributed by atoms with E-state index in [0.717, 1.165) is 12.8 Å². The Morgan fingerprint density at radius 2 is 2.22 bits per heavy atom. The molecule has 0 bridgehead atoms. The summed E-state index contributed by atoms with van der Waals surface area (Å²) < 4.78 is 23.2. The van der Waals surface area contributed by atoms with Crippen molar-refractivity contribution < 1.29 is 18.7 Å². The quantitative estimate of drug-likeness (QED) is 0.625. The summed E-state index contributed by atoms with van der Waals surface area (Å²) in [6.45, 7) is 2.54. The molecule has 0 heterocycles. The number of carbonyl (C=O) groups is 1. The zero-order valence-corrected chi connectivity index (χ0v) is 10.6. The number of rotatable bonds is 6. The van der Waals surface area contributed by atoms with Gasteiger partial charge in [0.2, 0.25) is 0 Å². The number of esters is 1. The van der Waals surface area contributed by atoms with Crippen molar-refractivity contribution >= 4 is 5.97 Å². The Morgan fingerprint density at radius 3 is 2.83 bits per heavy atom. The molecular formula is C13H18FNO3. The van der Waals surface area contributed by atoms with Crippen LogP contribution in [0.3, 0.4) is 0 Å². The minimum atomic E-state index is -1.04. The molecule has 0 aromatic heterocycles. The summed E-state index contributed by atoms with van der Waals surface area (Å²) in [5.41, 5.74) is 6.01. The van der Waals surface area contributed by atoms with Gasteiger partial charge in [-0.1, -0.05) is 13.3 Å². The van der Waals surface area contributed by atoms with Crippen LogP contribution in [0, 0.1) is 5.82 Å². The predicted molar refractivity (Wildman–Crippen MR) is 65.7 cm³/mol. The van der Waals surface area contributed by atoms with Gasteiger partial charge in [-0.3, -0.25) is 4.79 Å². The highest BCUT2D eigenvalue weighted by Gasteiger charge is 2.21. The number of methoxy groups -OCH3 is 1. The fourth-order valence-corrected chi connectivity index (χ4v) is 1.47. The molecule has 1 aromatic rings. The lowest BCUT2D eigenvalue weighted by atomic mass is 10.1. The number of nitrogens with two attached hydrogens (primary N) is 1. The van der Waals surface area contributed by atoms with Crippen LogP contribution in [0.5, 0.6) is 5.75 Å². The third-order valence-electron chi connectivity index (χ3n) is 2.52. The summed E-state index contributed by atoms with van der Waals surface area (Å²) in [4.78, 5) is 11.4. The fourth-order valence-electron chi connectivity index (χ4n) is 1.47. The lowest BCUT2D eigenvalue weighted by Crippen LogP contribution is -2.23. The normalized spacial score (nSPS) is 12.0. The second-order valence-electron chi connectivity index (χ2n) is 3.88. The number of hydrogen-bond acceptors (Lipinski definition) is 4. The Balaban J connectivity index is 2.92. The molecule has 4 nitrogen and oxygen atoms in total. The number of unbranched alkanes of at least 4 members (excludes halogenated alkanes) is 1. The number of carbonyl (C=O) groups excluding carboxylic acids is 1. The molecule has 5 heteroatoms. The molecule has 0 saturated heterocycles. The van der Waals surface area contributed by atoms with E-state index in [1.165, 1.54) is 25.3 Å². The fraction of sp³-hybridized carbons (Fsp3) is 0.462. The van der Waals surface area contributed by atoms with Crippen molar-refractivity contribution in [3.63, 3.8) is 0 Å². The molecule has 0 amide bonds. The maximum absolute atomic E-state index is 13.2. The van der Waals surface area contributed by atoms with E-state index in [9.17, 15) is 9.18 Å². The standard InChI is InChI=1S/C13H18FNO3/c1-3-4-7-18-11-6-5-9(14)8-10(11)12(15)13(16)17-2/h5-6,8,12H,3-4,7,15H2,1-2H3. The summed E-state index contributed by atoms with van der Waals surface area (Å²) in [7, 11) is 1.24. The average Bonchev–Trinajstić information content (AvgIpc) is 2.38. The molecule has 0 spiro atoms. The van der Waals surface area contributed by atoms with Crippen LogP contribution in [-0.4, -0.2) is 19.7 Å². The molecule has 100 valence electrons. The molecule has 2 N–H and O–H groups in total. The third kappa shape index (κ3) is 3.70. The van der Waals surface area contributed by atoms with E-state index in [0.29, 0.717) is 17.9 Å². The van der Waals surface area contributed by atoms with E-state index >= 15 is 0 Å². The van der Waals surface area contributed by atoms with Gasteiger partial charge in [0.25, 0.3) is 0 Å². The molecular weight excluding hydrogens is 237 g/mol. The number of benzene rings is 1. The summed E-state index contributed by atoms with van der Waals surface area (Å²) in [5, 5.41) is 0. The maximum Gasteiger partial charge on any atom is 0.327 e. The molecule has 1 aromatic carbocycles. The molecule has 0 radical (unpaired) electrons. The molecule has 1 rings (SSSR count). The zero-order valence-electron chi connectivity index (χ0n) is 10.6. The topological polar surface area (TPSA) is 61.5 Å². The highest BCUT2D eigenvalue weighted by Crippen LogP contribution is 2.26. The van der Waals surface area contributed by atoms with Gasteiger partial charge in [0, 0.05) is 5.56 Å². The van der Waals surface area contributed by atoms with Gasteiger partial charge in [0.05, 0.1) is 13.7 Å². The van der Waals surface area contributed by atoms with Crippen molar-refractivity contribution in [2.75, 3.05) is 13.7 Å². The molecule has 1 atom stereocenters. The van der Waals surface area contributed by atoms with Crippen molar-refractivity contribution in [1.29, 1.82) is 0 Å². The van der Waals surface area contributed by atoms with Gasteiger partial charge >= 0.3 is 5.97 Å². The molecule has 0 aliphatic heterocycles. The Hall–Kier alpha value is -1.62. The highest BCUT2D eigenvalue weighted by atomic mass is 19.1. The van der Waals surface area contributed by atoms with E-state index in [-0.39, 0.29) is 0 Å². The lowest BCUT2D eigenvalue weighted by Gasteiger charge is -2.15. The Morgan fingerprint density at radius 1 is 1.50 bits per heavy atom. The average molecular weight is 255 g/mol. The van der Waals surface area contributed by atoms with Crippen LogP contribution in [0.1, 0.15) is 31.4 Å². The Bertz CT molecular complexity index is 409. The largest absolute Gasteiger partial charge is 0.493 e. The van der Waals surface area contributed by atoms with E-state index in [2.05, 4.69) is 4.74 Å². The molecule has 0 aliphatic rings. The van der Waals surface area contributed by atoms with Gasteiger partial charge in [-0.25, -0.2) is 4.39 Å². The number of ether oxygens (including phenoxy) is 2. The molecule has 1 unspecified atom stereocenters. The minimum Gasteiger partial charge on any atom is -0.493 e. The van der Waals surface area contributed by atoms with Crippen molar-refractivity contribution in [3.8, 4) is 5.75 Å². The van der Waals surface area contributed by atoms with Crippen LogP contribution in [0.15, 0.2) is 18.2 Å². The first-order chi connectivity index (χ1) is 8.60. The van der Waals surface area contributed by atoms with Gasteiger partial charge in [-0.05, 0) is 24.6 Å². The Labute approximate surface area is 106 Å². The predicted octanol–water partition coefficient (Wildman–Crippen LogP) is 2.18. The zero-order chi connectivity index (χ0) is 13.5. The van der Waals surface area contributed by atoms with Crippen LogP contribution >= 0.6 is 0 Å². The first-order valence-corrected chi connectivity index (χ1v) is 5.85. The van der Waals surface area contributed by atoms with E-state index < -0.39 is 17.8 Å². The van der Waals surface area contributed by atoms with E-state index in [1.54, 1.807) is 0 Å². The second-order valence-corrected chi connectivity index (χ2v) is 3.88. The maximum atomic E-state index is 13.2. The van der Waals surface area contributed by atoms with Crippen LogP contribution in [0.2, 0.25) is 0 Å². The van der Waals surface area contributed by atoms with Crippen LogP contribution in [0.25, 0.3) is 0 Å². The number of hydrogen-bond donors (Lipinski definition) is 1. The van der Waals surface area contributed by atoms with E-state index in [1.807, 2.05) is 6.92 Å². The molecule has 0 saturated carbocycles. The molecule has 0 fully saturated rings. The Kier molecular flexibility index (Phi) is 5.58. The van der Waals surface area contributed by atoms with Gasteiger partial charge in [0.1, 0.15) is 17.6 Å². The second kappa shape index (κ2) is 6.96. The van der Waals surface area contributed by atoms with Crippen molar-refractivity contribution in [3.05, 3.63) is 29.6 Å². The van der Waals surface area contributed by atoms with Crippen LogP contribution < -0.4 is 10.5 Å². The SMILES string of the molecule is CCCCOc1ccc(F)cc1C(N)C(=O)OC. The van der Waals surface area contributed by atoms with Crippen molar-refractivity contribution in [2.24, 2.45) is 5.73 Å². The van der Waals surface area contributed by atoms with Crippen molar-refractivity contribution in [2.45, 2.75) is 25.8 Å². The summed E-state index contributed by atoms with van der Waals surface area (Å²) in [6.07, 6.45) is 1.86. The summed E-state index contributed by atoms with van der Waals surface area (Å²) >= 11 is 0. The first kappa shape index (κ1) is 14.4. The monoisotopic (exact) mass is 255 g/mol. The minimum absolute atomic E-state index is 0.304. The molecule has 0 aliphatic carbocycles. The smallest absolute Gasteiger partial charge is 0.327 e. The summed E-state index contributed by atoms with van der Waals surface area (Å²) in [5.74, 6) is -0.670. The van der Waals surface area contributed by atoms with Crippen molar-refractivity contribution in [1.82, 2.24) is 0 Å². The van der Waals surface area contributed by atoms with E-state index in [4.69, 9.17) is 10.5 Å². The van der Waals surface area contributed by atoms with Gasteiger partial charge in [-0.2, -0.15) is 0 Å². The van der Waals surface area contributed by atoms with Crippen LogP contribution in [0.4, 0.5) is 4.39 Å². The van der Waals surface area contributed by atoms with Crippen LogP contribution in [-0.2, 0) is 9.53 Å². The van der Waals surface area contributed by atoms with Gasteiger partial charge < -0.3 is 15.2 Å². The number of halogens is 1. The van der Waals surface area contributed by atoms with Gasteiger partial charge in [0.15, 0.2) is 0 Å². The van der Waals surface area contributed by atoms with Gasteiger partial charge in [-0.15, -0.1) is 0 Å². The third-order valence-corrected chi connectivity index (χ3v) is 2.52. The molecule has 18 heavy (non-hydrogen) atoms. The lowest BCUT2D eigenvalue weighted by molar-refractivity contribution is -0.142.